The summed E-state index contributed by atoms with van der Waals surface area (Å²) in [6.45, 7) is 8.36. The molecule has 2 aromatic rings. The van der Waals surface area contributed by atoms with Crippen molar-refractivity contribution in [3.05, 3.63) is 46.8 Å². The van der Waals surface area contributed by atoms with Gasteiger partial charge in [-0.2, -0.15) is 0 Å². The van der Waals surface area contributed by atoms with Gasteiger partial charge in [-0.15, -0.1) is 0 Å². The van der Waals surface area contributed by atoms with E-state index in [1.165, 1.54) is 11.8 Å². The van der Waals surface area contributed by atoms with Gasteiger partial charge >= 0.3 is 0 Å². The Morgan fingerprint density at radius 2 is 1.79 bits per heavy atom. The van der Waals surface area contributed by atoms with Crippen molar-refractivity contribution in [1.29, 1.82) is 0 Å². The van der Waals surface area contributed by atoms with Gasteiger partial charge in [-0.3, -0.25) is 9.59 Å². The number of amides is 2. The molecule has 2 amide bonds. The van der Waals surface area contributed by atoms with E-state index in [2.05, 4.69) is 20.6 Å². The Hall–Kier alpha value is -2.41. The van der Waals surface area contributed by atoms with E-state index < -0.39 is 0 Å². The van der Waals surface area contributed by atoms with Crippen LogP contribution in [-0.4, -0.2) is 28.0 Å². The van der Waals surface area contributed by atoms with E-state index in [0.29, 0.717) is 31.7 Å². The van der Waals surface area contributed by atoms with E-state index in [4.69, 9.17) is 0 Å². The number of carbonyl (C=O) groups is 2. The van der Waals surface area contributed by atoms with Crippen molar-refractivity contribution in [2.24, 2.45) is 5.92 Å². The number of carbonyl (C=O) groups excluding carboxylic acids is 2. The highest BCUT2D eigenvalue weighted by Gasteiger charge is 2.11. The summed E-state index contributed by atoms with van der Waals surface area (Å²) in [4.78, 5) is 33.1. The van der Waals surface area contributed by atoms with Crippen molar-refractivity contribution in [3.8, 4) is 0 Å². The fourth-order valence-electron chi connectivity index (χ4n) is 3.03. The predicted molar refractivity (Wildman–Crippen MR) is 118 cm³/mol. The second-order valence-electron chi connectivity index (χ2n) is 7.48. The molecule has 0 spiro atoms. The SMILES string of the molecule is CSc1nc(C)c(CCC(=O)NCc2cccc(NC(=O)CC(C)C)c2)c(C)n1. The number of hydrogen-bond acceptors (Lipinski definition) is 5. The maximum atomic E-state index is 12.3. The summed E-state index contributed by atoms with van der Waals surface area (Å²) >= 11 is 1.52. The third-order valence-electron chi connectivity index (χ3n) is 4.48. The average molecular weight is 415 g/mol. The van der Waals surface area contributed by atoms with E-state index in [1.54, 1.807) is 0 Å². The molecule has 7 heteroatoms. The minimum absolute atomic E-state index is 0.00151. The van der Waals surface area contributed by atoms with Crippen LogP contribution in [0, 0.1) is 19.8 Å². The van der Waals surface area contributed by atoms with Crippen molar-refractivity contribution in [2.75, 3.05) is 11.6 Å². The second-order valence-corrected chi connectivity index (χ2v) is 8.26. The van der Waals surface area contributed by atoms with Crippen molar-refractivity contribution in [2.45, 2.75) is 58.7 Å². The highest BCUT2D eigenvalue weighted by molar-refractivity contribution is 7.98. The van der Waals surface area contributed by atoms with Crippen LogP contribution < -0.4 is 10.6 Å². The van der Waals surface area contributed by atoms with E-state index in [-0.39, 0.29) is 11.8 Å². The van der Waals surface area contributed by atoms with Crippen LogP contribution in [-0.2, 0) is 22.6 Å². The average Bonchev–Trinajstić information content (AvgIpc) is 2.65. The van der Waals surface area contributed by atoms with E-state index in [9.17, 15) is 9.59 Å². The molecule has 1 aromatic heterocycles. The molecule has 0 saturated carbocycles. The molecule has 156 valence electrons. The monoisotopic (exact) mass is 414 g/mol. The van der Waals surface area contributed by atoms with Gasteiger partial charge in [0.2, 0.25) is 11.8 Å². The second kappa shape index (κ2) is 11.0. The molecule has 0 unspecified atom stereocenters. The van der Waals surface area contributed by atoms with Gasteiger partial charge in [0.15, 0.2) is 5.16 Å². The molecule has 1 heterocycles. The first-order valence-electron chi connectivity index (χ1n) is 9.82. The molecule has 1 aromatic carbocycles. The minimum Gasteiger partial charge on any atom is -0.352 e. The predicted octanol–water partition coefficient (Wildman–Crippen LogP) is 4.05. The first kappa shape index (κ1) is 22.9. The van der Waals surface area contributed by atoms with Crippen molar-refractivity contribution in [3.63, 3.8) is 0 Å². The molecule has 0 fully saturated rings. The Morgan fingerprint density at radius 1 is 1.10 bits per heavy atom. The van der Waals surface area contributed by atoms with Crippen LogP contribution in [0.4, 0.5) is 5.69 Å². The molecule has 0 aliphatic heterocycles. The number of aryl methyl sites for hydroxylation is 2. The molecule has 0 bridgehead atoms. The van der Waals surface area contributed by atoms with Crippen LogP contribution in [0.25, 0.3) is 0 Å². The Labute approximate surface area is 177 Å². The number of aromatic nitrogens is 2. The number of hydrogen-bond donors (Lipinski definition) is 2. The number of nitrogens with zero attached hydrogens (tertiary/aromatic N) is 2. The van der Waals surface area contributed by atoms with Gasteiger partial charge in [0, 0.05) is 36.5 Å². The minimum atomic E-state index is -0.0213. The summed E-state index contributed by atoms with van der Waals surface area (Å²) in [7, 11) is 0. The standard InChI is InChI=1S/C22H30N4O2S/c1-14(2)11-21(28)26-18-8-6-7-17(12-18)13-23-20(27)10-9-19-15(3)24-22(29-5)25-16(19)4/h6-8,12,14H,9-11,13H2,1-5H3,(H,23,27)(H,26,28). The first-order chi connectivity index (χ1) is 13.8. The van der Waals surface area contributed by atoms with Crippen LogP contribution in [0.2, 0.25) is 0 Å². The van der Waals surface area contributed by atoms with Crippen LogP contribution >= 0.6 is 11.8 Å². The van der Waals surface area contributed by atoms with Crippen molar-refractivity contribution in [1.82, 2.24) is 15.3 Å². The number of rotatable bonds is 9. The zero-order valence-corrected chi connectivity index (χ0v) is 18.7. The Balaban J connectivity index is 1.87. The molecule has 0 aliphatic rings. The lowest BCUT2D eigenvalue weighted by molar-refractivity contribution is -0.121. The maximum absolute atomic E-state index is 12.3. The lowest BCUT2D eigenvalue weighted by Crippen LogP contribution is -2.23. The normalized spacial score (nSPS) is 10.8. The lowest BCUT2D eigenvalue weighted by atomic mass is 10.1. The van der Waals surface area contributed by atoms with Crippen LogP contribution in [0.1, 0.15) is 49.2 Å². The smallest absolute Gasteiger partial charge is 0.224 e. The van der Waals surface area contributed by atoms with Gasteiger partial charge in [0.1, 0.15) is 0 Å². The molecule has 0 saturated heterocycles. The Bertz CT molecular complexity index is 845. The fourth-order valence-corrected chi connectivity index (χ4v) is 3.49. The maximum Gasteiger partial charge on any atom is 0.224 e. The number of thioether (sulfide) groups is 1. The summed E-state index contributed by atoms with van der Waals surface area (Å²) in [5.74, 6) is 0.292. The van der Waals surface area contributed by atoms with Crippen LogP contribution in [0.15, 0.2) is 29.4 Å². The van der Waals surface area contributed by atoms with Crippen LogP contribution in [0.5, 0.6) is 0 Å². The topological polar surface area (TPSA) is 84.0 Å². The van der Waals surface area contributed by atoms with Gasteiger partial charge < -0.3 is 10.6 Å². The Kier molecular flexibility index (Phi) is 8.64. The van der Waals surface area contributed by atoms with Gasteiger partial charge in [-0.1, -0.05) is 37.7 Å². The van der Waals surface area contributed by atoms with E-state index in [0.717, 1.165) is 33.4 Å². The molecule has 2 rings (SSSR count). The highest BCUT2D eigenvalue weighted by atomic mass is 32.2. The van der Waals surface area contributed by atoms with Gasteiger partial charge in [-0.25, -0.2) is 9.97 Å². The van der Waals surface area contributed by atoms with Gasteiger partial charge in [0.25, 0.3) is 0 Å². The number of benzene rings is 1. The molecule has 0 atom stereocenters. The largest absolute Gasteiger partial charge is 0.352 e. The molecular weight excluding hydrogens is 384 g/mol. The zero-order valence-electron chi connectivity index (χ0n) is 17.8. The van der Waals surface area contributed by atoms with Crippen molar-refractivity contribution >= 4 is 29.3 Å². The Morgan fingerprint density at radius 3 is 2.41 bits per heavy atom. The number of anilines is 1. The number of nitrogens with one attached hydrogen (secondary N) is 2. The molecule has 0 aliphatic carbocycles. The highest BCUT2D eigenvalue weighted by Crippen LogP contribution is 2.17. The summed E-state index contributed by atoms with van der Waals surface area (Å²) in [5, 5.41) is 6.61. The van der Waals surface area contributed by atoms with Crippen molar-refractivity contribution < 1.29 is 9.59 Å². The molecule has 0 radical (unpaired) electrons. The zero-order chi connectivity index (χ0) is 21.4. The molecule has 6 nitrogen and oxygen atoms in total. The molecular formula is C22H30N4O2S. The van der Waals surface area contributed by atoms with Gasteiger partial charge in [-0.05, 0) is 55.7 Å². The lowest BCUT2D eigenvalue weighted by Gasteiger charge is -2.11. The fraction of sp³-hybridized carbons (Fsp3) is 0.455. The third kappa shape index (κ3) is 7.49. The summed E-state index contributed by atoms with van der Waals surface area (Å²) < 4.78 is 0. The van der Waals surface area contributed by atoms with Crippen LogP contribution in [0.3, 0.4) is 0 Å². The first-order valence-corrected chi connectivity index (χ1v) is 11.0. The van der Waals surface area contributed by atoms with E-state index >= 15 is 0 Å². The van der Waals surface area contributed by atoms with Gasteiger partial charge in [0.05, 0.1) is 0 Å². The third-order valence-corrected chi connectivity index (χ3v) is 5.03. The summed E-state index contributed by atoms with van der Waals surface area (Å²) in [6.07, 6.45) is 3.44. The molecule has 2 N–H and O–H groups in total. The molecule has 29 heavy (non-hydrogen) atoms. The van der Waals surface area contributed by atoms with E-state index in [1.807, 2.05) is 58.2 Å². The summed E-state index contributed by atoms with van der Waals surface area (Å²) in [6, 6.07) is 7.56. The summed E-state index contributed by atoms with van der Waals surface area (Å²) in [5.41, 5.74) is 4.59. The quantitative estimate of drug-likeness (QED) is 0.478.